The lowest BCUT2D eigenvalue weighted by Gasteiger charge is -2.23. The second-order valence-electron chi connectivity index (χ2n) is 3.48. The fraction of sp³-hybridized carbons (Fsp3) is 0.636. The van der Waals surface area contributed by atoms with Gasteiger partial charge in [0.05, 0.1) is 6.67 Å². The molecule has 88 valence electrons. The largest absolute Gasteiger partial charge is 0.357 e. The highest BCUT2D eigenvalue weighted by Crippen LogP contribution is 2.05. The smallest absolute Gasteiger partial charge is 0.0936 e. The third-order valence-electron chi connectivity index (χ3n) is 2.65. The normalized spacial score (nSPS) is 14.6. The minimum Gasteiger partial charge on any atom is -0.357 e. The molecule has 4 heteroatoms. The number of hydrogen-bond donors (Lipinski definition) is 0. The van der Waals surface area contributed by atoms with Crippen LogP contribution in [0.4, 0.5) is 0 Å². The molecule has 0 aromatic heterocycles. The maximum atomic E-state index is 3.74. The number of hydrogen-bond acceptors (Lipinski definition) is 3. The van der Waals surface area contributed by atoms with Gasteiger partial charge < -0.3 is 14.7 Å². The van der Waals surface area contributed by atoms with Crippen LogP contribution in [-0.4, -0.2) is 47.5 Å². The summed E-state index contributed by atoms with van der Waals surface area (Å²) in [5, 5.41) is 0. The van der Waals surface area contributed by atoms with E-state index in [4.69, 9.17) is 0 Å². The Labute approximate surface area is 104 Å². The molecule has 1 aliphatic heterocycles. The van der Waals surface area contributed by atoms with Gasteiger partial charge in [-0.25, -0.2) is 0 Å². The molecular weight excluding hydrogens is 254 g/mol. The molecule has 15 heavy (non-hydrogen) atoms. The first-order valence-electron chi connectivity index (χ1n) is 5.33. The summed E-state index contributed by atoms with van der Waals surface area (Å²) in [4.78, 5) is 6.83. The Hall–Kier alpha value is -0.480. The van der Waals surface area contributed by atoms with Gasteiger partial charge in [0, 0.05) is 25.5 Å². The lowest BCUT2D eigenvalue weighted by Crippen LogP contribution is -2.33. The van der Waals surface area contributed by atoms with Crippen LogP contribution in [-0.2, 0) is 0 Å². The quantitative estimate of drug-likeness (QED) is 0.735. The molecule has 0 atom stereocenters. The van der Waals surface area contributed by atoms with Crippen molar-refractivity contribution >= 4 is 17.0 Å². The standard InChI is InChI=1S/C11H21N3.BrH/c1-4-12(5-2)7-9-14-10-8-13(6-3)11-14;/h6,8,10H,3-5,7,9,11H2,1-2H3;1H. The third-order valence-corrected chi connectivity index (χ3v) is 2.65. The van der Waals surface area contributed by atoms with Crippen molar-refractivity contribution in [3.8, 4) is 0 Å². The van der Waals surface area contributed by atoms with Gasteiger partial charge in [-0.1, -0.05) is 20.4 Å². The van der Waals surface area contributed by atoms with E-state index in [0.29, 0.717) is 0 Å². The summed E-state index contributed by atoms with van der Waals surface area (Å²) in [6, 6.07) is 0. The van der Waals surface area contributed by atoms with E-state index in [9.17, 15) is 0 Å². The van der Waals surface area contributed by atoms with E-state index in [1.165, 1.54) is 0 Å². The fourth-order valence-electron chi connectivity index (χ4n) is 1.56. The predicted molar refractivity (Wildman–Crippen MR) is 70.9 cm³/mol. The SMILES string of the molecule is Br.C=CN1C=CN(CCN(CC)CC)C1. The van der Waals surface area contributed by atoms with Crippen LogP contribution in [0, 0.1) is 0 Å². The molecule has 0 fully saturated rings. The summed E-state index contributed by atoms with van der Waals surface area (Å²) in [5.41, 5.74) is 0. The van der Waals surface area contributed by atoms with Crippen LogP contribution < -0.4 is 0 Å². The van der Waals surface area contributed by atoms with Crippen molar-refractivity contribution in [1.82, 2.24) is 14.7 Å². The minimum atomic E-state index is 0. The van der Waals surface area contributed by atoms with E-state index in [0.717, 1.165) is 32.8 Å². The van der Waals surface area contributed by atoms with Crippen molar-refractivity contribution in [2.24, 2.45) is 0 Å². The van der Waals surface area contributed by atoms with Crippen LogP contribution in [0.15, 0.2) is 25.2 Å². The molecular formula is C11H22BrN3. The van der Waals surface area contributed by atoms with Gasteiger partial charge in [0.25, 0.3) is 0 Å². The number of nitrogens with zero attached hydrogens (tertiary/aromatic N) is 3. The van der Waals surface area contributed by atoms with E-state index in [1.807, 2.05) is 6.20 Å². The Kier molecular flexibility index (Phi) is 7.52. The average Bonchev–Trinajstić information content (AvgIpc) is 2.67. The molecule has 1 aliphatic rings. The topological polar surface area (TPSA) is 9.72 Å². The molecule has 0 saturated carbocycles. The Morgan fingerprint density at radius 2 is 2.00 bits per heavy atom. The van der Waals surface area contributed by atoms with Crippen molar-refractivity contribution in [1.29, 1.82) is 0 Å². The zero-order chi connectivity index (χ0) is 10.4. The molecule has 0 spiro atoms. The van der Waals surface area contributed by atoms with Crippen LogP contribution >= 0.6 is 17.0 Å². The molecule has 0 amide bonds. The van der Waals surface area contributed by atoms with Gasteiger partial charge >= 0.3 is 0 Å². The summed E-state index contributed by atoms with van der Waals surface area (Å²) in [5.74, 6) is 0. The fourth-order valence-corrected chi connectivity index (χ4v) is 1.56. The van der Waals surface area contributed by atoms with Gasteiger partial charge in [-0.05, 0) is 19.3 Å². The van der Waals surface area contributed by atoms with Crippen LogP contribution in [0.5, 0.6) is 0 Å². The van der Waals surface area contributed by atoms with Crippen molar-refractivity contribution in [3.63, 3.8) is 0 Å². The Morgan fingerprint density at radius 3 is 2.47 bits per heavy atom. The highest BCUT2D eigenvalue weighted by atomic mass is 79.9. The summed E-state index contributed by atoms with van der Waals surface area (Å²) in [6.45, 7) is 13.6. The molecule has 1 rings (SSSR count). The van der Waals surface area contributed by atoms with Gasteiger partial charge in [-0.3, -0.25) is 0 Å². The summed E-state index contributed by atoms with van der Waals surface area (Å²) < 4.78 is 0. The maximum Gasteiger partial charge on any atom is 0.0936 e. The van der Waals surface area contributed by atoms with E-state index >= 15 is 0 Å². The first kappa shape index (κ1) is 14.5. The molecule has 0 aromatic carbocycles. The van der Waals surface area contributed by atoms with E-state index in [1.54, 1.807) is 0 Å². The molecule has 0 aromatic rings. The van der Waals surface area contributed by atoms with Gasteiger partial charge in [-0.2, -0.15) is 0 Å². The first-order chi connectivity index (χ1) is 6.80. The number of halogens is 1. The van der Waals surface area contributed by atoms with Gasteiger partial charge in [0.2, 0.25) is 0 Å². The Balaban J connectivity index is 0.00000196. The zero-order valence-electron chi connectivity index (χ0n) is 9.72. The molecule has 1 heterocycles. The van der Waals surface area contributed by atoms with E-state index < -0.39 is 0 Å². The molecule has 0 unspecified atom stereocenters. The molecule has 0 N–H and O–H groups in total. The molecule has 0 saturated heterocycles. The van der Waals surface area contributed by atoms with Crippen LogP contribution in [0.25, 0.3) is 0 Å². The predicted octanol–water partition coefficient (Wildman–Crippen LogP) is 2.10. The highest BCUT2D eigenvalue weighted by molar-refractivity contribution is 8.93. The highest BCUT2D eigenvalue weighted by Gasteiger charge is 2.09. The number of rotatable bonds is 6. The Bertz CT molecular complexity index is 202. The van der Waals surface area contributed by atoms with Crippen LogP contribution in [0.2, 0.25) is 0 Å². The van der Waals surface area contributed by atoms with Gasteiger partial charge in [0.1, 0.15) is 0 Å². The summed E-state index contributed by atoms with van der Waals surface area (Å²) >= 11 is 0. The maximum absolute atomic E-state index is 3.74. The van der Waals surface area contributed by atoms with Crippen molar-refractivity contribution < 1.29 is 0 Å². The summed E-state index contributed by atoms with van der Waals surface area (Å²) in [6.07, 6.45) is 6.05. The van der Waals surface area contributed by atoms with Crippen molar-refractivity contribution in [2.45, 2.75) is 13.8 Å². The van der Waals surface area contributed by atoms with E-state index in [-0.39, 0.29) is 17.0 Å². The lowest BCUT2D eigenvalue weighted by atomic mass is 10.4. The first-order valence-corrected chi connectivity index (χ1v) is 5.33. The van der Waals surface area contributed by atoms with E-state index in [2.05, 4.69) is 47.5 Å². The zero-order valence-corrected chi connectivity index (χ0v) is 11.4. The molecule has 0 bridgehead atoms. The molecule has 3 nitrogen and oxygen atoms in total. The van der Waals surface area contributed by atoms with Crippen LogP contribution in [0.1, 0.15) is 13.8 Å². The van der Waals surface area contributed by atoms with Gasteiger partial charge in [-0.15, -0.1) is 17.0 Å². The molecule has 0 radical (unpaired) electrons. The third kappa shape index (κ3) is 4.71. The minimum absolute atomic E-state index is 0. The van der Waals surface area contributed by atoms with Crippen molar-refractivity contribution in [2.75, 3.05) is 32.8 Å². The van der Waals surface area contributed by atoms with Crippen molar-refractivity contribution in [3.05, 3.63) is 25.2 Å². The lowest BCUT2D eigenvalue weighted by molar-refractivity contribution is 0.240. The van der Waals surface area contributed by atoms with Crippen LogP contribution in [0.3, 0.4) is 0 Å². The second kappa shape index (κ2) is 7.77. The summed E-state index contributed by atoms with van der Waals surface area (Å²) in [7, 11) is 0. The van der Waals surface area contributed by atoms with Gasteiger partial charge in [0.15, 0.2) is 0 Å². The average molecular weight is 276 g/mol. The number of likely N-dealkylation sites (N-methyl/N-ethyl adjacent to an activating group) is 1. The Morgan fingerprint density at radius 1 is 1.33 bits per heavy atom. The monoisotopic (exact) mass is 275 g/mol. The molecule has 0 aliphatic carbocycles. The second-order valence-corrected chi connectivity index (χ2v) is 3.48.